The van der Waals surface area contributed by atoms with E-state index in [0.717, 1.165) is 10.4 Å². The molecule has 0 atom stereocenters. The van der Waals surface area contributed by atoms with Gasteiger partial charge in [0.05, 0.1) is 16.6 Å². The van der Waals surface area contributed by atoms with Crippen LogP contribution in [0.1, 0.15) is 20.7 Å². The van der Waals surface area contributed by atoms with Crippen molar-refractivity contribution in [1.29, 1.82) is 0 Å². The molecule has 2 aromatic carbocycles. The van der Waals surface area contributed by atoms with E-state index in [0.29, 0.717) is 5.02 Å². The van der Waals surface area contributed by atoms with Gasteiger partial charge in [-0.2, -0.15) is 0 Å². The summed E-state index contributed by atoms with van der Waals surface area (Å²) in [5.74, 6) is -1.81. The Balaban J connectivity index is 1.96. The summed E-state index contributed by atoms with van der Waals surface area (Å²) in [4.78, 5) is 24.4. The van der Waals surface area contributed by atoms with E-state index in [9.17, 15) is 14.7 Å². The first-order chi connectivity index (χ1) is 11.6. The van der Waals surface area contributed by atoms with Crippen molar-refractivity contribution in [3.05, 3.63) is 76.8 Å². The number of carbonyl (C=O) groups is 2. The van der Waals surface area contributed by atoms with Crippen LogP contribution < -0.4 is 10.4 Å². The Kier molecular flexibility index (Phi) is 4.64. The monoisotopic (exact) mass is 356 g/mol. The van der Waals surface area contributed by atoms with Crippen molar-refractivity contribution >= 4 is 39.8 Å². The standard InChI is InChI=1S/C18H12ClNO3S/c19-14-9-5-4-8-12(14)16(21)20-17-13(18(22)23)10-15(24-17)11-6-2-1-3-7-11/h1-10H,(H,20,21)(H,22,23)/p-1. The Hall–Kier alpha value is -2.63. The van der Waals surface area contributed by atoms with E-state index < -0.39 is 11.9 Å². The molecule has 1 N–H and O–H groups in total. The predicted molar refractivity (Wildman–Crippen MR) is 93.5 cm³/mol. The second-order valence-electron chi connectivity index (χ2n) is 4.94. The molecule has 0 saturated heterocycles. The van der Waals surface area contributed by atoms with Crippen molar-refractivity contribution in [3.8, 4) is 10.4 Å². The molecule has 0 aliphatic heterocycles. The minimum absolute atomic E-state index is 0.0562. The van der Waals surface area contributed by atoms with Gasteiger partial charge in [-0.1, -0.05) is 54.1 Å². The molecule has 3 aromatic rings. The number of carboxylic acids is 1. The van der Waals surface area contributed by atoms with Crippen LogP contribution in [-0.4, -0.2) is 11.9 Å². The third-order valence-electron chi connectivity index (χ3n) is 3.36. The number of hydrogen-bond acceptors (Lipinski definition) is 4. The molecule has 0 radical (unpaired) electrons. The van der Waals surface area contributed by atoms with Crippen LogP contribution >= 0.6 is 22.9 Å². The maximum Gasteiger partial charge on any atom is 0.257 e. The molecule has 3 rings (SSSR count). The van der Waals surface area contributed by atoms with Gasteiger partial charge in [-0.05, 0) is 23.8 Å². The number of benzene rings is 2. The van der Waals surface area contributed by atoms with E-state index in [2.05, 4.69) is 5.32 Å². The van der Waals surface area contributed by atoms with Gasteiger partial charge in [-0.3, -0.25) is 4.79 Å². The minimum Gasteiger partial charge on any atom is -0.545 e. The van der Waals surface area contributed by atoms with Crippen LogP contribution in [0.5, 0.6) is 0 Å². The molecule has 1 amide bonds. The molecule has 0 bridgehead atoms. The van der Waals surface area contributed by atoms with Crippen molar-refractivity contribution in [2.75, 3.05) is 5.32 Å². The van der Waals surface area contributed by atoms with Crippen molar-refractivity contribution in [3.63, 3.8) is 0 Å². The van der Waals surface area contributed by atoms with Gasteiger partial charge < -0.3 is 15.2 Å². The summed E-state index contributed by atoms with van der Waals surface area (Å²) in [6.07, 6.45) is 0. The number of hydrogen-bond donors (Lipinski definition) is 1. The SMILES string of the molecule is O=C(Nc1sc(-c2ccccc2)cc1C(=O)[O-])c1ccccc1Cl. The van der Waals surface area contributed by atoms with Crippen molar-refractivity contribution in [2.24, 2.45) is 0 Å². The molecule has 1 heterocycles. The largest absolute Gasteiger partial charge is 0.545 e. The lowest BCUT2D eigenvalue weighted by molar-refractivity contribution is -0.254. The van der Waals surface area contributed by atoms with Crippen LogP contribution in [0, 0.1) is 0 Å². The number of carboxylic acid groups (broad SMARTS) is 1. The van der Waals surface area contributed by atoms with Crippen LogP contribution in [0.4, 0.5) is 5.00 Å². The molecule has 0 aliphatic rings. The summed E-state index contributed by atoms with van der Waals surface area (Å²) in [5, 5.41) is 14.5. The summed E-state index contributed by atoms with van der Waals surface area (Å²) in [7, 11) is 0. The fourth-order valence-electron chi connectivity index (χ4n) is 2.20. The highest BCUT2D eigenvalue weighted by Crippen LogP contribution is 2.35. The highest BCUT2D eigenvalue weighted by Gasteiger charge is 2.16. The van der Waals surface area contributed by atoms with Crippen LogP contribution in [0.3, 0.4) is 0 Å². The minimum atomic E-state index is -1.34. The Labute approximate surface area is 147 Å². The number of thiophene rings is 1. The molecule has 1 aromatic heterocycles. The quantitative estimate of drug-likeness (QED) is 0.775. The molecule has 120 valence electrons. The first kappa shape index (κ1) is 16.2. The number of amides is 1. The summed E-state index contributed by atoms with van der Waals surface area (Å²) in [5.41, 5.74) is 1.08. The molecular formula is C18H11ClNO3S-. The normalized spacial score (nSPS) is 10.4. The van der Waals surface area contributed by atoms with E-state index in [1.54, 1.807) is 24.3 Å². The lowest BCUT2D eigenvalue weighted by Crippen LogP contribution is -2.23. The molecule has 0 saturated carbocycles. The van der Waals surface area contributed by atoms with Gasteiger partial charge in [-0.25, -0.2) is 0 Å². The molecule has 6 heteroatoms. The fourth-order valence-corrected chi connectivity index (χ4v) is 3.46. The van der Waals surface area contributed by atoms with Gasteiger partial charge >= 0.3 is 0 Å². The zero-order chi connectivity index (χ0) is 17.1. The lowest BCUT2D eigenvalue weighted by Gasteiger charge is -2.07. The smallest absolute Gasteiger partial charge is 0.257 e. The number of halogens is 1. The van der Waals surface area contributed by atoms with E-state index in [1.165, 1.54) is 17.4 Å². The summed E-state index contributed by atoms with van der Waals surface area (Å²) in [6.45, 7) is 0. The van der Waals surface area contributed by atoms with Crippen molar-refractivity contribution in [1.82, 2.24) is 0 Å². The van der Waals surface area contributed by atoms with Crippen LogP contribution in [-0.2, 0) is 0 Å². The van der Waals surface area contributed by atoms with E-state index in [-0.39, 0.29) is 16.1 Å². The first-order valence-electron chi connectivity index (χ1n) is 7.02. The molecular weight excluding hydrogens is 346 g/mol. The maximum atomic E-state index is 12.4. The Morgan fingerprint density at radius 3 is 2.29 bits per heavy atom. The number of anilines is 1. The van der Waals surface area contributed by atoms with Gasteiger partial charge in [0, 0.05) is 10.4 Å². The average molecular weight is 357 g/mol. The third-order valence-corrected chi connectivity index (χ3v) is 4.78. The Morgan fingerprint density at radius 1 is 0.958 bits per heavy atom. The highest BCUT2D eigenvalue weighted by atomic mass is 35.5. The lowest BCUT2D eigenvalue weighted by atomic mass is 10.1. The van der Waals surface area contributed by atoms with Gasteiger partial charge in [-0.15, -0.1) is 11.3 Å². The second kappa shape index (κ2) is 6.86. The molecule has 0 spiro atoms. The van der Waals surface area contributed by atoms with E-state index in [1.807, 2.05) is 30.3 Å². The summed E-state index contributed by atoms with van der Waals surface area (Å²) >= 11 is 7.18. The van der Waals surface area contributed by atoms with Crippen molar-refractivity contribution in [2.45, 2.75) is 0 Å². The van der Waals surface area contributed by atoms with E-state index >= 15 is 0 Å². The van der Waals surface area contributed by atoms with Crippen molar-refractivity contribution < 1.29 is 14.7 Å². The second-order valence-corrected chi connectivity index (χ2v) is 6.40. The van der Waals surface area contributed by atoms with Gasteiger partial charge in [0.1, 0.15) is 5.00 Å². The number of carbonyl (C=O) groups excluding carboxylic acids is 2. The average Bonchev–Trinajstić information content (AvgIpc) is 3.00. The molecule has 0 fully saturated rings. The van der Waals surface area contributed by atoms with Crippen LogP contribution in [0.2, 0.25) is 5.02 Å². The van der Waals surface area contributed by atoms with Crippen LogP contribution in [0.15, 0.2) is 60.7 Å². The zero-order valence-corrected chi connectivity index (χ0v) is 13.9. The summed E-state index contributed by atoms with van der Waals surface area (Å²) in [6, 6.07) is 17.4. The topological polar surface area (TPSA) is 69.2 Å². The summed E-state index contributed by atoms with van der Waals surface area (Å²) < 4.78 is 0. The van der Waals surface area contributed by atoms with Gasteiger partial charge in [0.2, 0.25) is 0 Å². The Morgan fingerprint density at radius 2 is 1.62 bits per heavy atom. The highest BCUT2D eigenvalue weighted by molar-refractivity contribution is 7.20. The number of nitrogens with one attached hydrogen (secondary N) is 1. The zero-order valence-electron chi connectivity index (χ0n) is 12.3. The van der Waals surface area contributed by atoms with Gasteiger partial charge in [0.25, 0.3) is 5.91 Å². The maximum absolute atomic E-state index is 12.4. The number of rotatable bonds is 4. The Bertz CT molecular complexity index is 906. The third kappa shape index (κ3) is 3.32. The number of aromatic carboxylic acids is 1. The molecule has 24 heavy (non-hydrogen) atoms. The molecule has 0 unspecified atom stereocenters. The predicted octanol–water partition coefficient (Wildman–Crippen LogP) is 3.68. The molecule has 0 aliphatic carbocycles. The molecule has 4 nitrogen and oxygen atoms in total. The first-order valence-corrected chi connectivity index (χ1v) is 8.22. The van der Waals surface area contributed by atoms with Crippen LogP contribution in [0.25, 0.3) is 10.4 Å². The van der Waals surface area contributed by atoms with Gasteiger partial charge in [0.15, 0.2) is 0 Å². The van der Waals surface area contributed by atoms with E-state index in [4.69, 9.17) is 11.6 Å². The fraction of sp³-hybridized carbons (Fsp3) is 0.